The van der Waals surface area contributed by atoms with Gasteiger partial charge in [0.1, 0.15) is 0 Å². The predicted molar refractivity (Wildman–Crippen MR) is 66.8 cm³/mol. The van der Waals surface area contributed by atoms with E-state index in [9.17, 15) is 8.42 Å². The van der Waals surface area contributed by atoms with Gasteiger partial charge in [-0.25, -0.2) is 13.1 Å². The van der Waals surface area contributed by atoms with Crippen LogP contribution in [0.4, 0.5) is 0 Å². The van der Waals surface area contributed by atoms with Crippen LogP contribution in [-0.4, -0.2) is 21.2 Å². The normalized spacial score (nSPS) is 13.6. The van der Waals surface area contributed by atoms with Gasteiger partial charge in [-0.1, -0.05) is 43.7 Å². The van der Waals surface area contributed by atoms with Crippen LogP contribution < -0.4 is 4.72 Å². The van der Waals surface area contributed by atoms with Crippen LogP contribution in [-0.2, 0) is 16.4 Å². The lowest BCUT2D eigenvalue weighted by atomic mass is 9.97. The van der Waals surface area contributed by atoms with Gasteiger partial charge in [-0.2, -0.15) is 0 Å². The van der Waals surface area contributed by atoms with E-state index in [1.807, 2.05) is 18.2 Å². The van der Waals surface area contributed by atoms with Crippen LogP contribution in [0, 0.1) is 5.92 Å². The second-order valence-corrected chi connectivity index (χ2v) is 5.92. The minimum absolute atomic E-state index is 0.358. The minimum Gasteiger partial charge on any atom is -0.215 e. The number of rotatable bonds is 6. The van der Waals surface area contributed by atoms with E-state index in [0.717, 1.165) is 12.8 Å². The largest absolute Gasteiger partial charge is 0.215 e. The molecule has 1 aromatic rings. The summed E-state index contributed by atoms with van der Waals surface area (Å²) in [4.78, 5) is 0. The first-order valence-electron chi connectivity index (χ1n) is 5.50. The highest BCUT2D eigenvalue weighted by Crippen LogP contribution is 2.11. The molecule has 90 valence electrons. The highest BCUT2D eigenvalue weighted by Gasteiger charge is 2.10. The maximum Gasteiger partial charge on any atom is 0.208 e. The molecule has 1 rings (SSSR count). The third-order valence-corrected chi connectivity index (χ3v) is 3.27. The second-order valence-electron chi connectivity index (χ2n) is 4.08. The van der Waals surface area contributed by atoms with Crippen molar-refractivity contribution in [3.63, 3.8) is 0 Å². The molecule has 3 nitrogen and oxygen atoms in total. The Labute approximate surface area is 97.9 Å². The lowest BCUT2D eigenvalue weighted by Gasteiger charge is -2.14. The van der Waals surface area contributed by atoms with E-state index in [2.05, 4.69) is 23.8 Å². The summed E-state index contributed by atoms with van der Waals surface area (Å²) < 4.78 is 24.6. The zero-order valence-electron chi connectivity index (χ0n) is 9.81. The quantitative estimate of drug-likeness (QED) is 0.825. The lowest BCUT2D eigenvalue weighted by Crippen LogP contribution is -2.29. The van der Waals surface area contributed by atoms with Crippen molar-refractivity contribution in [3.8, 4) is 0 Å². The Bertz CT molecular complexity index is 400. The maximum absolute atomic E-state index is 11.0. The van der Waals surface area contributed by atoms with Gasteiger partial charge in [-0.05, 0) is 17.9 Å². The van der Waals surface area contributed by atoms with Gasteiger partial charge in [0, 0.05) is 6.54 Å². The molecular weight excluding hydrogens is 222 g/mol. The fourth-order valence-electron chi connectivity index (χ4n) is 1.58. The first-order chi connectivity index (χ1) is 7.51. The number of hydrogen-bond acceptors (Lipinski definition) is 2. The number of nitrogens with one attached hydrogen (secondary N) is 1. The van der Waals surface area contributed by atoms with Gasteiger partial charge >= 0.3 is 0 Å². The second kappa shape index (κ2) is 6.01. The minimum atomic E-state index is -3.07. The highest BCUT2D eigenvalue weighted by atomic mass is 32.2. The third kappa shape index (κ3) is 5.28. The molecule has 1 unspecified atom stereocenters. The zero-order chi connectivity index (χ0) is 12.0. The fraction of sp³-hybridized carbons (Fsp3) is 0.500. The summed E-state index contributed by atoms with van der Waals surface area (Å²) in [7, 11) is -3.07. The Hall–Kier alpha value is -0.870. The predicted octanol–water partition coefficient (Wildman–Crippen LogP) is 1.80. The zero-order valence-corrected chi connectivity index (χ0v) is 10.6. The van der Waals surface area contributed by atoms with Gasteiger partial charge in [-0.3, -0.25) is 0 Å². The van der Waals surface area contributed by atoms with Gasteiger partial charge in [0.05, 0.1) is 6.26 Å². The van der Waals surface area contributed by atoms with Crippen molar-refractivity contribution >= 4 is 10.0 Å². The molecule has 16 heavy (non-hydrogen) atoms. The molecule has 0 heterocycles. The van der Waals surface area contributed by atoms with E-state index in [1.165, 1.54) is 11.8 Å². The van der Waals surface area contributed by atoms with E-state index in [1.54, 1.807) is 0 Å². The fourth-order valence-corrected chi connectivity index (χ4v) is 2.12. The van der Waals surface area contributed by atoms with Crippen molar-refractivity contribution < 1.29 is 8.42 Å². The molecule has 0 spiro atoms. The molecule has 4 heteroatoms. The molecule has 1 N–H and O–H groups in total. The lowest BCUT2D eigenvalue weighted by molar-refractivity contribution is 0.491. The summed E-state index contributed by atoms with van der Waals surface area (Å²) in [6.45, 7) is 2.60. The van der Waals surface area contributed by atoms with Gasteiger partial charge in [0.15, 0.2) is 0 Å². The monoisotopic (exact) mass is 241 g/mol. The molecular formula is C12H19NO2S. The molecule has 1 aromatic carbocycles. The number of hydrogen-bond donors (Lipinski definition) is 1. The van der Waals surface area contributed by atoms with Crippen molar-refractivity contribution in [1.82, 2.24) is 4.72 Å². The van der Waals surface area contributed by atoms with E-state index >= 15 is 0 Å². The molecule has 0 bridgehead atoms. The SMILES string of the molecule is CCC(CNS(C)(=O)=O)Cc1ccccc1. The van der Waals surface area contributed by atoms with Crippen LogP contribution in [0.2, 0.25) is 0 Å². The van der Waals surface area contributed by atoms with Crippen LogP contribution in [0.15, 0.2) is 30.3 Å². The average molecular weight is 241 g/mol. The summed E-state index contributed by atoms with van der Waals surface area (Å²) in [5.74, 6) is 0.358. The van der Waals surface area contributed by atoms with Gasteiger partial charge in [0.25, 0.3) is 0 Å². The Balaban J connectivity index is 2.50. The van der Waals surface area contributed by atoms with E-state index in [4.69, 9.17) is 0 Å². The molecule has 0 radical (unpaired) electrons. The third-order valence-electron chi connectivity index (χ3n) is 2.58. The van der Waals surface area contributed by atoms with E-state index in [0.29, 0.717) is 12.5 Å². The van der Waals surface area contributed by atoms with Crippen LogP contribution in [0.5, 0.6) is 0 Å². The first kappa shape index (κ1) is 13.2. The molecule has 1 atom stereocenters. The summed E-state index contributed by atoms with van der Waals surface area (Å²) in [6, 6.07) is 10.1. The van der Waals surface area contributed by atoms with Gasteiger partial charge in [0.2, 0.25) is 10.0 Å². The summed E-state index contributed by atoms with van der Waals surface area (Å²) in [5.41, 5.74) is 1.25. The van der Waals surface area contributed by atoms with E-state index in [-0.39, 0.29) is 0 Å². The van der Waals surface area contributed by atoms with Gasteiger partial charge < -0.3 is 0 Å². The van der Waals surface area contributed by atoms with E-state index < -0.39 is 10.0 Å². The molecule has 0 saturated heterocycles. The van der Waals surface area contributed by atoms with Crippen LogP contribution in [0.1, 0.15) is 18.9 Å². The smallest absolute Gasteiger partial charge is 0.208 e. The molecule has 0 fully saturated rings. The Morgan fingerprint density at radius 1 is 1.25 bits per heavy atom. The van der Waals surface area contributed by atoms with Crippen molar-refractivity contribution in [3.05, 3.63) is 35.9 Å². The molecule has 0 amide bonds. The topological polar surface area (TPSA) is 46.2 Å². The van der Waals surface area contributed by atoms with Crippen molar-refractivity contribution in [2.24, 2.45) is 5.92 Å². The van der Waals surface area contributed by atoms with Crippen LogP contribution in [0.3, 0.4) is 0 Å². The van der Waals surface area contributed by atoms with Crippen molar-refractivity contribution in [2.75, 3.05) is 12.8 Å². The Morgan fingerprint density at radius 2 is 1.88 bits per heavy atom. The molecule has 0 saturated carbocycles. The van der Waals surface area contributed by atoms with Crippen molar-refractivity contribution in [2.45, 2.75) is 19.8 Å². The van der Waals surface area contributed by atoms with Crippen LogP contribution >= 0.6 is 0 Å². The molecule has 0 aromatic heterocycles. The maximum atomic E-state index is 11.0. The van der Waals surface area contributed by atoms with Gasteiger partial charge in [-0.15, -0.1) is 0 Å². The summed E-state index contributed by atoms with van der Waals surface area (Å²) in [6.07, 6.45) is 3.08. The highest BCUT2D eigenvalue weighted by molar-refractivity contribution is 7.88. The Morgan fingerprint density at radius 3 is 2.38 bits per heavy atom. The molecule has 0 aliphatic rings. The standard InChI is InChI=1S/C12H19NO2S/c1-3-11(10-13-16(2,14)15)9-12-7-5-4-6-8-12/h4-8,11,13H,3,9-10H2,1-2H3. The average Bonchev–Trinajstić information content (AvgIpc) is 2.24. The molecule has 0 aliphatic heterocycles. The Kier molecular flexibility index (Phi) is 4.96. The summed E-state index contributed by atoms with van der Waals surface area (Å²) in [5, 5.41) is 0. The van der Waals surface area contributed by atoms with Crippen molar-refractivity contribution in [1.29, 1.82) is 0 Å². The summed E-state index contributed by atoms with van der Waals surface area (Å²) >= 11 is 0. The first-order valence-corrected chi connectivity index (χ1v) is 7.39. The number of sulfonamides is 1. The molecule has 0 aliphatic carbocycles. The number of benzene rings is 1. The van der Waals surface area contributed by atoms with Crippen LogP contribution in [0.25, 0.3) is 0 Å².